The molecule has 1 unspecified atom stereocenters. The molecule has 4 nitrogen and oxygen atoms in total. The maximum Gasteiger partial charge on any atom is 0.162 e. The van der Waals surface area contributed by atoms with Crippen molar-refractivity contribution >= 4 is 5.69 Å². The lowest BCUT2D eigenvalue weighted by molar-refractivity contribution is 0.355. The zero-order chi connectivity index (χ0) is 13.7. The fourth-order valence-corrected chi connectivity index (χ4v) is 1.88. The standard InChI is InChI=1S/C15H18N2O2/c1-11(13-6-4-5-9-16-13)17-12-7-8-14(18-2)15(10-12)19-3/h4-11,17H,1-3H3. The number of rotatable bonds is 5. The number of anilines is 1. The van der Waals surface area contributed by atoms with Crippen LogP contribution in [0, 0.1) is 0 Å². The average molecular weight is 258 g/mol. The van der Waals surface area contributed by atoms with Crippen LogP contribution in [0.25, 0.3) is 0 Å². The number of nitrogens with one attached hydrogen (secondary N) is 1. The van der Waals surface area contributed by atoms with Crippen molar-refractivity contribution in [2.24, 2.45) is 0 Å². The molecule has 1 N–H and O–H groups in total. The van der Waals surface area contributed by atoms with Crippen molar-refractivity contribution < 1.29 is 9.47 Å². The second-order valence-corrected chi connectivity index (χ2v) is 4.19. The molecule has 2 aromatic rings. The number of nitrogens with zero attached hydrogens (tertiary/aromatic N) is 1. The first-order valence-electron chi connectivity index (χ1n) is 6.14. The summed E-state index contributed by atoms with van der Waals surface area (Å²) < 4.78 is 10.5. The number of methoxy groups -OCH3 is 2. The van der Waals surface area contributed by atoms with Gasteiger partial charge in [-0.05, 0) is 31.2 Å². The molecule has 1 atom stereocenters. The molecule has 0 aliphatic heterocycles. The number of hydrogen-bond donors (Lipinski definition) is 1. The predicted octanol–water partition coefficient (Wildman–Crippen LogP) is 3.27. The number of hydrogen-bond acceptors (Lipinski definition) is 4. The summed E-state index contributed by atoms with van der Waals surface area (Å²) in [5, 5.41) is 3.39. The van der Waals surface area contributed by atoms with Gasteiger partial charge in [-0.15, -0.1) is 0 Å². The lowest BCUT2D eigenvalue weighted by Gasteiger charge is -2.16. The molecule has 0 aliphatic carbocycles. The molecule has 0 amide bonds. The highest BCUT2D eigenvalue weighted by molar-refractivity contribution is 5.55. The summed E-state index contributed by atoms with van der Waals surface area (Å²) in [7, 11) is 3.26. The maximum absolute atomic E-state index is 5.28. The van der Waals surface area contributed by atoms with E-state index in [4.69, 9.17) is 9.47 Å². The van der Waals surface area contributed by atoms with Gasteiger partial charge >= 0.3 is 0 Å². The topological polar surface area (TPSA) is 43.4 Å². The minimum Gasteiger partial charge on any atom is -0.493 e. The summed E-state index contributed by atoms with van der Waals surface area (Å²) in [5.41, 5.74) is 1.97. The molecule has 4 heteroatoms. The molecular weight excluding hydrogens is 240 g/mol. The Balaban J connectivity index is 2.15. The summed E-state index contributed by atoms with van der Waals surface area (Å²) >= 11 is 0. The summed E-state index contributed by atoms with van der Waals surface area (Å²) in [6.07, 6.45) is 1.79. The largest absolute Gasteiger partial charge is 0.493 e. The second kappa shape index (κ2) is 6.09. The van der Waals surface area contributed by atoms with Gasteiger partial charge in [-0.3, -0.25) is 4.98 Å². The van der Waals surface area contributed by atoms with Gasteiger partial charge in [0.05, 0.1) is 26.0 Å². The van der Waals surface area contributed by atoms with Crippen LogP contribution in [-0.4, -0.2) is 19.2 Å². The third kappa shape index (κ3) is 3.16. The monoisotopic (exact) mass is 258 g/mol. The van der Waals surface area contributed by atoms with Crippen LogP contribution in [0.5, 0.6) is 11.5 Å². The summed E-state index contributed by atoms with van der Waals surface area (Å²) in [5.74, 6) is 1.43. The van der Waals surface area contributed by atoms with Crippen LogP contribution in [-0.2, 0) is 0 Å². The van der Waals surface area contributed by atoms with Gasteiger partial charge in [-0.1, -0.05) is 6.07 Å². The Labute approximate surface area is 113 Å². The van der Waals surface area contributed by atoms with E-state index in [1.807, 2.05) is 36.4 Å². The Kier molecular flexibility index (Phi) is 4.23. The molecule has 0 saturated heterocycles. The molecule has 0 radical (unpaired) electrons. The van der Waals surface area contributed by atoms with Crippen LogP contribution in [0.4, 0.5) is 5.69 Å². The van der Waals surface area contributed by atoms with Crippen LogP contribution in [0.2, 0.25) is 0 Å². The average Bonchev–Trinajstić information content (AvgIpc) is 2.48. The van der Waals surface area contributed by atoms with Gasteiger partial charge in [0, 0.05) is 18.0 Å². The smallest absolute Gasteiger partial charge is 0.162 e. The van der Waals surface area contributed by atoms with E-state index in [0.717, 1.165) is 17.1 Å². The van der Waals surface area contributed by atoms with Crippen LogP contribution < -0.4 is 14.8 Å². The lowest BCUT2D eigenvalue weighted by atomic mass is 10.2. The summed E-state index contributed by atoms with van der Waals surface area (Å²) in [4.78, 5) is 4.33. The third-order valence-corrected chi connectivity index (χ3v) is 2.90. The molecule has 0 bridgehead atoms. The molecule has 1 heterocycles. The van der Waals surface area contributed by atoms with Gasteiger partial charge in [0.2, 0.25) is 0 Å². The minimum atomic E-state index is 0.124. The molecule has 0 saturated carbocycles. The van der Waals surface area contributed by atoms with Crippen molar-refractivity contribution in [3.63, 3.8) is 0 Å². The van der Waals surface area contributed by atoms with Gasteiger partial charge in [0.15, 0.2) is 11.5 Å². The molecule has 100 valence electrons. The van der Waals surface area contributed by atoms with Crippen LogP contribution in [0.15, 0.2) is 42.6 Å². The minimum absolute atomic E-state index is 0.124. The van der Waals surface area contributed by atoms with Gasteiger partial charge in [-0.2, -0.15) is 0 Å². The quantitative estimate of drug-likeness (QED) is 0.893. The second-order valence-electron chi connectivity index (χ2n) is 4.19. The number of aromatic nitrogens is 1. The third-order valence-electron chi connectivity index (χ3n) is 2.90. The van der Waals surface area contributed by atoms with E-state index in [-0.39, 0.29) is 6.04 Å². The fraction of sp³-hybridized carbons (Fsp3) is 0.267. The molecule has 2 rings (SSSR count). The van der Waals surface area contributed by atoms with Crippen LogP contribution in [0.1, 0.15) is 18.7 Å². The van der Waals surface area contributed by atoms with Crippen molar-refractivity contribution in [1.82, 2.24) is 4.98 Å². The molecule has 1 aromatic carbocycles. The van der Waals surface area contributed by atoms with Crippen molar-refractivity contribution in [1.29, 1.82) is 0 Å². The Morgan fingerprint density at radius 1 is 1.05 bits per heavy atom. The van der Waals surface area contributed by atoms with Crippen LogP contribution >= 0.6 is 0 Å². The first-order chi connectivity index (χ1) is 9.24. The van der Waals surface area contributed by atoms with E-state index in [0.29, 0.717) is 5.75 Å². The SMILES string of the molecule is COc1ccc(NC(C)c2ccccn2)cc1OC. The van der Waals surface area contributed by atoms with E-state index in [1.54, 1.807) is 20.4 Å². The molecule has 0 aliphatic rings. The first kappa shape index (κ1) is 13.2. The van der Waals surface area contributed by atoms with Crippen LogP contribution in [0.3, 0.4) is 0 Å². The Hall–Kier alpha value is -2.23. The highest BCUT2D eigenvalue weighted by atomic mass is 16.5. The molecule has 19 heavy (non-hydrogen) atoms. The highest BCUT2D eigenvalue weighted by Gasteiger charge is 2.09. The Bertz CT molecular complexity index is 529. The van der Waals surface area contributed by atoms with E-state index in [1.165, 1.54) is 0 Å². The van der Waals surface area contributed by atoms with Crippen molar-refractivity contribution in [2.45, 2.75) is 13.0 Å². The zero-order valence-electron chi connectivity index (χ0n) is 11.4. The summed E-state index contributed by atoms with van der Waals surface area (Å²) in [6, 6.07) is 11.8. The number of pyridine rings is 1. The maximum atomic E-state index is 5.28. The van der Waals surface area contributed by atoms with E-state index in [2.05, 4.69) is 17.2 Å². The van der Waals surface area contributed by atoms with Gasteiger partial charge in [0.1, 0.15) is 0 Å². The van der Waals surface area contributed by atoms with Crippen molar-refractivity contribution in [2.75, 3.05) is 19.5 Å². The van der Waals surface area contributed by atoms with E-state index in [9.17, 15) is 0 Å². The lowest BCUT2D eigenvalue weighted by Crippen LogP contribution is -2.08. The number of ether oxygens (including phenoxy) is 2. The van der Waals surface area contributed by atoms with Gasteiger partial charge < -0.3 is 14.8 Å². The van der Waals surface area contributed by atoms with Gasteiger partial charge in [-0.25, -0.2) is 0 Å². The van der Waals surface area contributed by atoms with Crippen molar-refractivity contribution in [3.8, 4) is 11.5 Å². The number of benzene rings is 1. The molecule has 0 fully saturated rings. The zero-order valence-corrected chi connectivity index (χ0v) is 11.4. The first-order valence-corrected chi connectivity index (χ1v) is 6.14. The summed E-state index contributed by atoms with van der Waals surface area (Å²) in [6.45, 7) is 2.07. The fourth-order valence-electron chi connectivity index (χ4n) is 1.88. The highest BCUT2D eigenvalue weighted by Crippen LogP contribution is 2.31. The van der Waals surface area contributed by atoms with E-state index < -0.39 is 0 Å². The molecule has 1 aromatic heterocycles. The molecule has 0 spiro atoms. The Morgan fingerprint density at radius 3 is 2.47 bits per heavy atom. The van der Waals surface area contributed by atoms with E-state index >= 15 is 0 Å². The Morgan fingerprint density at radius 2 is 1.84 bits per heavy atom. The predicted molar refractivity (Wildman–Crippen MR) is 75.8 cm³/mol. The van der Waals surface area contributed by atoms with Gasteiger partial charge in [0.25, 0.3) is 0 Å². The molecular formula is C15H18N2O2. The van der Waals surface area contributed by atoms with Crippen molar-refractivity contribution in [3.05, 3.63) is 48.3 Å². The normalized spacial score (nSPS) is 11.7.